The summed E-state index contributed by atoms with van der Waals surface area (Å²) in [6.45, 7) is 0.913. The molecule has 2 aromatic rings. The molecule has 0 fully saturated rings. The molecule has 5 heteroatoms. The number of anilines is 1. The van der Waals surface area contributed by atoms with Crippen molar-refractivity contribution in [2.24, 2.45) is 0 Å². The summed E-state index contributed by atoms with van der Waals surface area (Å²) >= 11 is 0. The molecule has 3 rings (SSSR count). The highest BCUT2D eigenvalue weighted by molar-refractivity contribution is 5.26. The van der Waals surface area contributed by atoms with E-state index in [9.17, 15) is 0 Å². The Morgan fingerprint density at radius 1 is 1.44 bits per heavy atom. The number of hydrogen-bond donors (Lipinski definition) is 1. The van der Waals surface area contributed by atoms with Crippen molar-refractivity contribution in [3.8, 4) is 0 Å². The van der Waals surface area contributed by atoms with Gasteiger partial charge in [-0.3, -0.25) is 4.98 Å². The van der Waals surface area contributed by atoms with E-state index in [1.165, 1.54) is 5.56 Å². The van der Waals surface area contributed by atoms with E-state index >= 15 is 0 Å². The smallest absolute Gasteiger partial charge is 0.239 e. The second kappa shape index (κ2) is 3.59. The first-order valence-electron chi connectivity index (χ1n) is 5.45. The molecule has 2 N–H and O–H groups in total. The lowest BCUT2D eigenvalue weighted by Crippen LogP contribution is -2.18. The highest BCUT2D eigenvalue weighted by Crippen LogP contribution is 2.31. The van der Waals surface area contributed by atoms with Crippen LogP contribution in [0.1, 0.15) is 30.1 Å². The van der Waals surface area contributed by atoms with Crippen molar-refractivity contribution in [3.05, 3.63) is 35.9 Å². The fourth-order valence-corrected chi connectivity index (χ4v) is 2.27. The molecule has 0 bridgehead atoms. The topological polar surface area (TPSA) is 69.6 Å². The van der Waals surface area contributed by atoms with Crippen LogP contribution in [0.25, 0.3) is 0 Å². The molecule has 82 valence electrons. The molecule has 0 radical (unpaired) electrons. The quantitative estimate of drug-likeness (QED) is 0.775. The standard InChI is InChI=1S/C11H13N5/c12-11-14-10-9(4-2-6-16(10)15-11)8-3-1-5-13-7-8/h1,3,5,7,9H,2,4,6H2,(H2,12,15). The van der Waals surface area contributed by atoms with E-state index < -0.39 is 0 Å². The third kappa shape index (κ3) is 1.44. The van der Waals surface area contributed by atoms with Crippen LogP contribution in [0.5, 0.6) is 0 Å². The lowest BCUT2D eigenvalue weighted by molar-refractivity contribution is 0.445. The van der Waals surface area contributed by atoms with Gasteiger partial charge >= 0.3 is 0 Å². The molecular formula is C11H13N5. The number of hydrogen-bond acceptors (Lipinski definition) is 4. The predicted molar refractivity (Wildman–Crippen MR) is 59.7 cm³/mol. The van der Waals surface area contributed by atoms with Crippen LogP contribution >= 0.6 is 0 Å². The van der Waals surface area contributed by atoms with Crippen molar-refractivity contribution >= 4 is 5.95 Å². The van der Waals surface area contributed by atoms with Gasteiger partial charge in [0.05, 0.1) is 0 Å². The van der Waals surface area contributed by atoms with Gasteiger partial charge in [-0.1, -0.05) is 6.07 Å². The van der Waals surface area contributed by atoms with Gasteiger partial charge in [-0.05, 0) is 24.5 Å². The van der Waals surface area contributed by atoms with Crippen molar-refractivity contribution in [1.29, 1.82) is 0 Å². The van der Waals surface area contributed by atoms with E-state index in [1.54, 1.807) is 6.20 Å². The molecule has 3 heterocycles. The molecule has 0 saturated carbocycles. The Labute approximate surface area is 93.3 Å². The van der Waals surface area contributed by atoms with E-state index in [0.29, 0.717) is 5.95 Å². The minimum absolute atomic E-state index is 0.284. The maximum absolute atomic E-state index is 5.64. The van der Waals surface area contributed by atoms with Crippen molar-refractivity contribution in [2.75, 3.05) is 5.73 Å². The normalized spacial score (nSPS) is 19.4. The Morgan fingerprint density at radius 2 is 2.38 bits per heavy atom. The van der Waals surface area contributed by atoms with Crippen LogP contribution in [0.4, 0.5) is 5.95 Å². The molecule has 2 aromatic heterocycles. The van der Waals surface area contributed by atoms with Crippen LogP contribution < -0.4 is 5.73 Å². The van der Waals surface area contributed by atoms with Gasteiger partial charge < -0.3 is 5.73 Å². The number of rotatable bonds is 1. The van der Waals surface area contributed by atoms with Crippen molar-refractivity contribution in [2.45, 2.75) is 25.3 Å². The molecule has 5 nitrogen and oxygen atoms in total. The van der Waals surface area contributed by atoms with Crippen molar-refractivity contribution < 1.29 is 0 Å². The number of nitrogen functional groups attached to an aromatic ring is 1. The minimum Gasteiger partial charge on any atom is -0.366 e. The summed E-state index contributed by atoms with van der Waals surface area (Å²) in [4.78, 5) is 8.46. The van der Waals surface area contributed by atoms with E-state index in [1.807, 2.05) is 16.9 Å². The molecule has 1 unspecified atom stereocenters. The summed E-state index contributed by atoms with van der Waals surface area (Å²) in [5.74, 6) is 1.62. The molecule has 1 aliphatic heterocycles. The van der Waals surface area contributed by atoms with E-state index in [4.69, 9.17) is 5.73 Å². The maximum Gasteiger partial charge on any atom is 0.239 e. The van der Waals surface area contributed by atoms with Gasteiger partial charge in [0, 0.05) is 24.9 Å². The molecule has 0 saturated heterocycles. The molecule has 1 atom stereocenters. The van der Waals surface area contributed by atoms with Crippen LogP contribution in [0.3, 0.4) is 0 Å². The SMILES string of the molecule is Nc1nc2n(n1)CCCC2c1cccnc1. The van der Waals surface area contributed by atoms with Gasteiger partial charge in [-0.25, -0.2) is 4.68 Å². The van der Waals surface area contributed by atoms with Gasteiger partial charge in [0.15, 0.2) is 0 Å². The first kappa shape index (κ1) is 9.33. The summed E-state index contributed by atoms with van der Waals surface area (Å²) in [6, 6.07) is 4.03. The Bertz CT molecular complexity index is 490. The van der Waals surface area contributed by atoms with Crippen LogP contribution in [0.15, 0.2) is 24.5 Å². The predicted octanol–water partition coefficient (Wildman–Crippen LogP) is 1.18. The number of aromatic nitrogens is 4. The Kier molecular flexibility index (Phi) is 2.09. The van der Waals surface area contributed by atoms with Crippen LogP contribution in [-0.4, -0.2) is 19.7 Å². The monoisotopic (exact) mass is 215 g/mol. The van der Waals surface area contributed by atoms with Crippen molar-refractivity contribution in [3.63, 3.8) is 0 Å². The Morgan fingerprint density at radius 3 is 3.19 bits per heavy atom. The fraction of sp³-hybridized carbons (Fsp3) is 0.364. The minimum atomic E-state index is 0.284. The highest BCUT2D eigenvalue weighted by Gasteiger charge is 2.25. The average Bonchev–Trinajstić information content (AvgIpc) is 2.70. The summed E-state index contributed by atoms with van der Waals surface area (Å²) < 4.78 is 1.91. The lowest BCUT2D eigenvalue weighted by Gasteiger charge is -2.21. The number of fused-ring (bicyclic) bond motifs is 1. The third-order valence-electron chi connectivity index (χ3n) is 2.98. The molecule has 0 spiro atoms. The second-order valence-corrected chi connectivity index (χ2v) is 4.03. The number of nitrogens with zero attached hydrogens (tertiary/aromatic N) is 4. The summed E-state index contributed by atoms with van der Waals surface area (Å²) in [5.41, 5.74) is 6.83. The van der Waals surface area contributed by atoms with Gasteiger partial charge in [-0.2, -0.15) is 4.98 Å². The summed E-state index contributed by atoms with van der Waals surface area (Å²) in [7, 11) is 0. The maximum atomic E-state index is 5.64. The van der Waals surface area contributed by atoms with Crippen LogP contribution in [0.2, 0.25) is 0 Å². The summed E-state index contributed by atoms with van der Waals surface area (Å²) in [6.07, 6.45) is 5.87. The number of aryl methyl sites for hydroxylation is 1. The lowest BCUT2D eigenvalue weighted by atomic mass is 9.92. The first-order valence-corrected chi connectivity index (χ1v) is 5.45. The summed E-state index contributed by atoms with van der Waals surface area (Å²) in [5, 5.41) is 4.19. The highest BCUT2D eigenvalue weighted by atomic mass is 15.4. The number of nitrogens with two attached hydrogens (primary N) is 1. The fourth-order valence-electron chi connectivity index (χ4n) is 2.27. The largest absolute Gasteiger partial charge is 0.366 e. The second-order valence-electron chi connectivity index (χ2n) is 4.03. The zero-order valence-corrected chi connectivity index (χ0v) is 8.87. The molecule has 1 aliphatic rings. The molecule has 0 amide bonds. The Hall–Kier alpha value is -1.91. The van der Waals surface area contributed by atoms with Crippen molar-refractivity contribution in [1.82, 2.24) is 19.7 Å². The van der Waals surface area contributed by atoms with Gasteiger partial charge in [0.25, 0.3) is 0 Å². The Balaban J connectivity index is 2.05. The molecule has 0 aliphatic carbocycles. The number of pyridine rings is 1. The molecular weight excluding hydrogens is 202 g/mol. The van der Waals surface area contributed by atoms with E-state index in [-0.39, 0.29) is 5.92 Å². The van der Waals surface area contributed by atoms with Crippen LogP contribution in [0, 0.1) is 0 Å². The van der Waals surface area contributed by atoms with E-state index in [0.717, 1.165) is 25.2 Å². The van der Waals surface area contributed by atoms with Gasteiger partial charge in [0.1, 0.15) is 5.82 Å². The van der Waals surface area contributed by atoms with Gasteiger partial charge in [0.2, 0.25) is 5.95 Å². The van der Waals surface area contributed by atoms with E-state index in [2.05, 4.69) is 21.1 Å². The zero-order chi connectivity index (χ0) is 11.0. The zero-order valence-electron chi connectivity index (χ0n) is 8.87. The third-order valence-corrected chi connectivity index (χ3v) is 2.98. The van der Waals surface area contributed by atoms with Crippen LogP contribution in [-0.2, 0) is 6.54 Å². The molecule has 16 heavy (non-hydrogen) atoms. The first-order chi connectivity index (χ1) is 7.84. The molecule has 0 aromatic carbocycles. The van der Waals surface area contributed by atoms with Gasteiger partial charge in [-0.15, -0.1) is 5.10 Å². The average molecular weight is 215 g/mol.